The summed E-state index contributed by atoms with van der Waals surface area (Å²) in [5.74, 6) is 0.714. The number of para-hydroxylation sites is 1. The largest absolute Gasteiger partial charge is 0.493 e. The lowest BCUT2D eigenvalue weighted by Gasteiger charge is -2.26. The van der Waals surface area contributed by atoms with Crippen LogP contribution < -0.4 is 4.74 Å². The molecule has 0 bridgehead atoms. The maximum atomic E-state index is 13.6. The second-order valence-electron chi connectivity index (χ2n) is 7.38. The number of benzene rings is 1. The molecule has 0 radical (unpaired) electrons. The molecule has 1 aromatic carbocycles. The third-order valence-electron chi connectivity index (χ3n) is 5.49. The molecule has 1 aliphatic heterocycles. The van der Waals surface area contributed by atoms with Crippen molar-refractivity contribution in [1.82, 2.24) is 9.47 Å². The standard InChI is InChI=1S/C23H28N2O3S/c1-3-13-28-20-7-5-4-6-18(20)22(26)21-17(2)25(23-19(21)8-16-29-23)10-9-24-11-14-27-15-12-24/h4-8,16H,3,9-15H2,1-2H3. The Labute approximate surface area is 175 Å². The van der Waals surface area contributed by atoms with E-state index in [0.29, 0.717) is 17.9 Å². The van der Waals surface area contributed by atoms with Crippen LogP contribution >= 0.6 is 11.3 Å². The number of fused-ring (bicyclic) bond motifs is 1. The van der Waals surface area contributed by atoms with Gasteiger partial charge in [0, 0.05) is 37.3 Å². The highest BCUT2D eigenvalue weighted by Crippen LogP contribution is 2.33. The minimum atomic E-state index is 0.0442. The van der Waals surface area contributed by atoms with E-state index in [1.54, 1.807) is 11.3 Å². The predicted octanol–water partition coefficient (Wildman–Crippen LogP) is 4.36. The van der Waals surface area contributed by atoms with Gasteiger partial charge in [0.05, 0.1) is 30.9 Å². The average molecular weight is 413 g/mol. The van der Waals surface area contributed by atoms with Crippen LogP contribution in [0.4, 0.5) is 0 Å². The highest BCUT2D eigenvalue weighted by Gasteiger charge is 2.24. The van der Waals surface area contributed by atoms with Gasteiger partial charge in [-0.2, -0.15) is 0 Å². The van der Waals surface area contributed by atoms with E-state index in [1.807, 2.05) is 24.3 Å². The number of hydrogen-bond donors (Lipinski definition) is 0. The fraction of sp³-hybridized carbons (Fsp3) is 0.435. The van der Waals surface area contributed by atoms with Gasteiger partial charge < -0.3 is 14.0 Å². The molecule has 0 N–H and O–H groups in total. The van der Waals surface area contributed by atoms with Crippen LogP contribution in [0.5, 0.6) is 5.75 Å². The molecule has 3 aromatic rings. The van der Waals surface area contributed by atoms with Gasteiger partial charge in [0.25, 0.3) is 0 Å². The lowest BCUT2D eigenvalue weighted by atomic mass is 10.0. The molecule has 29 heavy (non-hydrogen) atoms. The number of morpholine rings is 1. The number of aromatic nitrogens is 1. The highest BCUT2D eigenvalue weighted by atomic mass is 32.1. The first-order chi connectivity index (χ1) is 14.2. The zero-order valence-electron chi connectivity index (χ0n) is 17.1. The van der Waals surface area contributed by atoms with Crippen LogP contribution in [0.1, 0.15) is 35.0 Å². The Hall–Kier alpha value is -2.15. The molecule has 3 heterocycles. The van der Waals surface area contributed by atoms with Crippen molar-refractivity contribution in [2.45, 2.75) is 26.8 Å². The molecule has 1 saturated heterocycles. The van der Waals surface area contributed by atoms with Gasteiger partial charge in [-0.15, -0.1) is 11.3 Å². The number of ether oxygens (including phenoxy) is 2. The fourth-order valence-corrected chi connectivity index (χ4v) is 4.92. The van der Waals surface area contributed by atoms with Crippen molar-refractivity contribution in [3.8, 4) is 5.75 Å². The molecule has 154 valence electrons. The quantitative estimate of drug-likeness (QED) is 0.516. The Morgan fingerprint density at radius 2 is 1.97 bits per heavy atom. The monoisotopic (exact) mass is 412 g/mol. The first-order valence-electron chi connectivity index (χ1n) is 10.3. The molecule has 0 atom stereocenters. The third kappa shape index (κ3) is 4.10. The van der Waals surface area contributed by atoms with E-state index in [1.165, 1.54) is 4.83 Å². The highest BCUT2D eigenvalue weighted by molar-refractivity contribution is 7.16. The zero-order valence-corrected chi connectivity index (χ0v) is 18.0. The zero-order chi connectivity index (χ0) is 20.2. The Morgan fingerprint density at radius 1 is 1.17 bits per heavy atom. The summed E-state index contributed by atoms with van der Waals surface area (Å²) < 4.78 is 13.6. The Balaban J connectivity index is 1.65. The van der Waals surface area contributed by atoms with Crippen molar-refractivity contribution >= 4 is 27.3 Å². The smallest absolute Gasteiger partial charge is 0.199 e. The topological polar surface area (TPSA) is 43.7 Å². The molecule has 0 unspecified atom stereocenters. The number of thiophene rings is 1. The molecule has 0 amide bonds. The number of carbonyl (C=O) groups is 1. The van der Waals surface area contributed by atoms with Gasteiger partial charge in [-0.25, -0.2) is 0 Å². The Bertz CT molecular complexity index is 985. The van der Waals surface area contributed by atoms with Gasteiger partial charge in [-0.05, 0) is 36.9 Å². The molecule has 5 nitrogen and oxygen atoms in total. The minimum absolute atomic E-state index is 0.0442. The van der Waals surface area contributed by atoms with Crippen LogP contribution in [0.15, 0.2) is 35.7 Å². The van der Waals surface area contributed by atoms with E-state index in [2.05, 4.69) is 34.8 Å². The van der Waals surface area contributed by atoms with Crippen LogP contribution in [-0.2, 0) is 11.3 Å². The van der Waals surface area contributed by atoms with Crippen molar-refractivity contribution in [2.75, 3.05) is 39.5 Å². The normalized spacial score (nSPS) is 15.1. The Morgan fingerprint density at radius 3 is 2.76 bits per heavy atom. The van der Waals surface area contributed by atoms with Crippen LogP contribution in [0.2, 0.25) is 0 Å². The summed E-state index contributed by atoms with van der Waals surface area (Å²) in [4.78, 5) is 17.2. The van der Waals surface area contributed by atoms with E-state index in [-0.39, 0.29) is 5.78 Å². The molecular weight excluding hydrogens is 384 g/mol. The first-order valence-corrected chi connectivity index (χ1v) is 11.2. The van der Waals surface area contributed by atoms with Crippen molar-refractivity contribution in [2.24, 2.45) is 0 Å². The number of ketones is 1. The van der Waals surface area contributed by atoms with E-state index >= 15 is 0 Å². The second kappa shape index (κ2) is 9.11. The summed E-state index contributed by atoms with van der Waals surface area (Å²) in [6.45, 7) is 10.1. The molecular formula is C23H28N2O3S. The summed E-state index contributed by atoms with van der Waals surface area (Å²) in [6.07, 6.45) is 0.911. The lowest BCUT2D eigenvalue weighted by molar-refractivity contribution is 0.0365. The van der Waals surface area contributed by atoms with Crippen LogP contribution in [-0.4, -0.2) is 54.7 Å². The molecule has 0 spiro atoms. The van der Waals surface area contributed by atoms with Crippen molar-refractivity contribution < 1.29 is 14.3 Å². The summed E-state index contributed by atoms with van der Waals surface area (Å²) in [5, 5.41) is 3.12. The van der Waals surface area contributed by atoms with Crippen molar-refractivity contribution in [3.05, 3.63) is 52.5 Å². The molecule has 0 saturated carbocycles. The summed E-state index contributed by atoms with van der Waals surface area (Å²) in [5.41, 5.74) is 2.48. The average Bonchev–Trinajstić information content (AvgIpc) is 3.31. The van der Waals surface area contributed by atoms with Gasteiger partial charge in [0.2, 0.25) is 0 Å². The molecule has 2 aromatic heterocycles. The van der Waals surface area contributed by atoms with Gasteiger partial charge in [0.1, 0.15) is 10.6 Å². The second-order valence-corrected chi connectivity index (χ2v) is 8.27. The van der Waals surface area contributed by atoms with E-state index < -0.39 is 0 Å². The summed E-state index contributed by atoms with van der Waals surface area (Å²) >= 11 is 1.70. The van der Waals surface area contributed by atoms with Crippen molar-refractivity contribution in [3.63, 3.8) is 0 Å². The summed E-state index contributed by atoms with van der Waals surface area (Å²) in [7, 11) is 0. The van der Waals surface area contributed by atoms with Crippen LogP contribution in [0.25, 0.3) is 10.2 Å². The molecule has 1 aliphatic rings. The first kappa shape index (κ1) is 20.1. The third-order valence-corrected chi connectivity index (χ3v) is 6.43. The Kier molecular flexibility index (Phi) is 6.33. The molecule has 4 rings (SSSR count). The minimum Gasteiger partial charge on any atom is -0.493 e. The van der Waals surface area contributed by atoms with Crippen LogP contribution in [0, 0.1) is 6.92 Å². The van der Waals surface area contributed by atoms with Gasteiger partial charge >= 0.3 is 0 Å². The van der Waals surface area contributed by atoms with Crippen LogP contribution in [0.3, 0.4) is 0 Å². The lowest BCUT2D eigenvalue weighted by Crippen LogP contribution is -2.38. The van der Waals surface area contributed by atoms with E-state index in [0.717, 1.165) is 62.5 Å². The van der Waals surface area contributed by atoms with E-state index in [4.69, 9.17) is 9.47 Å². The fourth-order valence-electron chi connectivity index (χ4n) is 3.93. The van der Waals surface area contributed by atoms with Gasteiger partial charge in [-0.3, -0.25) is 9.69 Å². The summed E-state index contributed by atoms with van der Waals surface area (Å²) in [6, 6.07) is 9.65. The number of carbonyl (C=O) groups excluding carboxylic acids is 1. The van der Waals surface area contributed by atoms with E-state index in [9.17, 15) is 4.79 Å². The van der Waals surface area contributed by atoms with Gasteiger partial charge in [0.15, 0.2) is 5.78 Å². The molecule has 6 heteroatoms. The number of hydrogen-bond acceptors (Lipinski definition) is 5. The molecule has 1 fully saturated rings. The van der Waals surface area contributed by atoms with Crippen molar-refractivity contribution in [1.29, 1.82) is 0 Å². The maximum absolute atomic E-state index is 13.6. The predicted molar refractivity (Wildman–Crippen MR) is 117 cm³/mol. The SMILES string of the molecule is CCCOc1ccccc1C(=O)c1c(C)n(CCN2CCOCC2)c2sccc12. The molecule has 0 aliphatic carbocycles. The number of nitrogens with zero attached hydrogens (tertiary/aromatic N) is 2. The van der Waals surface area contributed by atoms with Gasteiger partial charge in [-0.1, -0.05) is 19.1 Å². The number of rotatable bonds is 8. The maximum Gasteiger partial charge on any atom is 0.199 e.